The number of aryl methyl sites for hydroxylation is 2. The van der Waals surface area contributed by atoms with Crippen molar-refractivity contribution in [3.63, 3.8) is 0 Å². The Hall–Kier alpha value is 1.61. The predicted molar refractivity (Wildman–Crippen MR) is 61.9 cm³/mol. The van der Waals surface area contributed by atoms with Crippen LogP contribution in [0.2, 0.25) is 0 Å². The molecule has 0 saturated heterocycles. The summed E-state index contributed by atoms with van der Waals surface area (Å²) in [5.41, 5.74) is 1.21. The number of aromatic nitrogens is 2. The van der Waals surface area contributed by atoms with Crippen LogP contribution in [0, 0.1) is 0 Å². The minimum Gasteiger partial charge on any atom is 0 e. The number of rotatable bonds is 3. The van der Waals surface area contributed by atoms with E-state index in [0.29, 0.717) is 0 Å². The maximum absolute atomic E-state index is 4.26. The third kappa shape index (κ3) is 8.59. The van der Waals surface area contributed by atoms with E-state index in [1.807, 2.05) is 17.9 Å². The summed E-state index contributed by atoms with van der Waals surface area (Å²) in [5.74, 6) is 0. The first-order valence-corrected chi connectivity index (χ1v) is 3.81. The van der Waals surface area contributed by atoms with Gasteiger partial charge in [0.1, 0.15) is 0 Å². The zero-order valence-electron chi connectivity index (χ0n) is 8.33. The average Bonchev–Trinajstić information content (AvgIpc) is 2.31. The molecule has 5 heteroatoms. The first-order valence-electron chi connectivity index (χ1n) is 3.81. The van der Waals surface area contributed by atoms with Crippen LogP contribution in [-0.2, 0) is 13.5 Å². The van der Waals surface area contributed by atoms with Gasteiger partial charge in [-0.05, 0) is 18.9 Å². The summed E-state index contributed by atoms with van der Waals surface area (Å²) >= 11 is 0. The molecule has 70 valence electrons. The molecule has 13 heavy (non-hydrogen) atoms. The van der Waals surface area contributed by atoms with Crippen LogP contribution in [-0.4, -0.2) is 81.5 Å². The van der Waals surface area contributed by atoms with Crippen molar-refractivity contribution in [3.8, 4) is 0 Å². The van der Waals surface area contributed by atoms with E-state index in [0.717, 1.165) is 6.42 Å². The summed E-state index contributed by atoms with van der Waals surface area (Å²) in [5, 5.41) is 4.26. The van der Waals surface area contributed by atoms with E-state index in [4.69, 9.17) is 0 Å². The van der Waals surface area contributed by atoms with Crippen LogP contribution in [0.4, 0.5) is 0 Å². The Balaban J connectivity index is -0.000000333. The van der Waals surface area contributed by atoms with Crippen molar-refractivity contribution >= 4 is 71.7 Å². The Morgan fingerprint density at radius 3 is 2.38 bits per heavy atom. The minimum absolute atomic E-state index is 0. The second kappa shape index (κ2) is 11.7. The molecule has 0 saturated carbocycles. The van der Waals surface area contributed by atoms with Gasteiger partial charge in [-0.2, -0.15) is 5.10 Å². The number of nitrogens with zero attached hydrogens (tertiary/aromatic N) is 2. The third-order valence-electron chi connectivity index (χ3n) is 1.56. The predicted octanol–water partition coefficient (Wildman–Crippen LogP) is 0.0849. The third-order valence-corrected chi connectivity index (χ3v) is 1.56. The summed E-state index contributed by atoms with van der Waals surface area (Å²) < 4.78 is 1.85. The van der Waals surface area contributed by atoms with Gasteiger partial charge >= 0.3 is 47.8 Å². The van der Waals surface area contributed by atoms with Crippen LogP contribution in [0.3, 0.4) is 0 Å². The van der Waals surface area contributed by atoms with Gasteiger partial charge in [0.2, 0.25) is 0 Å². The number of unbranched alkanes of at least 4 members (excludes halogenated alkanes) is 1. The molecule has 0 spiro atoms. The molecule has 1 aromatic heterocycles. The smallest absolute Gasteiger partial charge is 0 e. The van der Waals surface area contributed by atoms with Crippen molar-refractivity contribution in [3.05, 3.63) is 18.0 Å². The van der Waals surface area contributed by atoms with Crippen molar-refractivity contribution in [2.75, 3.05) is 0 Å². The van der Waals surface area contributed by atoms with Gasteiger partial charge in [0, 0.05) is 37.2 Å². The summed E-state index contributed by atoms with van der Waals surface area (Å²) in [7, 11) is 1.95. The molecular weight excluding hydrogens is 480 g/mol. The fourth-order valence-electron chi connectivity index (χ4n) is 0.954. The van der Waals surface area contributed by atoms with Crippen molar-refractivity contribution < 1.29 is 0 Å². The van der Waals surface area contributed by atoms with E-state index in [1.165, 1.54) is 18.5 Å². The van der Waals surface area contributed by atoms with Gasteiger partial charge in [0.25, 0.3) is 0 Å². The van der Waals surface area contributed by atoms with Gasteiger partial charge in [0.15, 0.2) is 0 Å². The van der Waals surface area contributed by atoms with Crippen LogP contribution >= 0.6 is 0 Å². The second-order valence-corrected chi connectivity index (χ2v) is 2.58. The maximum atomic E-state index is 4.26. The molecule has 1 rings (SSSR count). The Morgan fingerprint density at radius 2 is 2.00 bits per heavy atom. The minimum atomic E-state index is 0. The van der Waals surface area contributed by atoms with E-state index in [9.17, 15) is 0 Å². The van der Waals surface area contributed by atoms with Crippen LogP contribution < -0.4 is 0 Å². The molecule has 10 radical (unpaired) electrons. The topological polar surface area (TPSA) is 17.8 Å². The largest absolute Gasteiger partial charge is 0 e. The van der Waals surface area contributed by atoms with Crippen LogP contribution in [0.25, 0.3) is 0 Å². The fourth-order valence-corrected chi connectivity index (χ4v) is 0.954. The molecular formula is C8H16N2Sn3. The van der Waals surface area contributed by atoms with Gasteiger partial charge in [-0.15, -0.1) is 0 Å². The van der Waals surface area contributed by atoms with Gasteiger partial charge in [0.05, 0.1) is 5.69 Å². The molecule has 0 aliphatic carbocycles. The molecule has 0 amide bonds. The zero-order chi connectivity index (χ0) is 7.40. The SMILES string of the molecule is CCCCc1ccn(C)n1.[SnH].[SnH].[Sn]. The molecule has 0 aliphatic rings. The van der Waals surface area contributed by atoms with Crippen LogP contribution in [0.15, 0.2) is 12.3 Å². The molecule has 0 fully saturated rings. The quantitative estimate of drug-likeness (QED) is 0.543. The Labute approximate surface area is 131 Å². The summed E-state index contributed by atoms with van der Waals surface area (Å²) in [4.78, 5) is 0. The summed E-state index contributed by atoms with van der Waals surface area (Å²) in [6.45, 7) is 2.20. The van der Waals surface area contributed by atoms with E-state index in [-0.39, 0.29) is 71.7 Å². The van der Waals surface area contributed by atoms with E-state index in [1.54, 1.807) is 0 Å². The van der Waals surface area contributed by atoms with Gasteiger partial charge < -0.3 is 0 Å². The molecule has 0 bridgehead atoms. The molecule has 1 heterocycles. The second-order valence-electron chi connectivity index (χ2n) is 2.58. The zero-order valence-corrected chi connectivity index (χ0v) is 17.8. The van der Waals surface area contributed by atoms with Crippen molar-refractivity contribution in [1.29, 1.82) is 0 Å². The van der Waals surface area contributed by atoms with E-state index >= 15 is 0 Å². The van der Waals surface area contributed by atoms with E-state index in [2.05, 4.69) is 18.1 Å². The van der Waals surface area contributed by atoms with E-state index < -0.39 is 0 Å². The summed E-state index contributed by atoms with van der Waals surface area (Å²) in [6.07, 6.45) is 5.61. The van der Waals surface area contributed by atoms with Gasteiger partial charge in [-0.25, -0.2) is 0 Å². The average molecular weight is 496 g/mol. The normalized spacial score (nSPS) is 7.85. The molecule has 2 nitrogen and oxygen atoms in total. The van der Waals surface area contributed by atoms with Gasteiger partial charge in [-0.3, -0.25) is 4.68 Å². The summed E-state index contributed by atoms with van der Waals surface area (Å²) in [6, 6.07) is 2.08. The van der Waals surface area contributed by atoms with Crippen molar-refractivity contribution in [1.82, 2.24) is 9.78 Å². The van der Waals surface area contributed by atoms with Crippen molar-refractivity contribution in [2.24, 2.45) is 7.05 Å². The Kier molecular flexibility index (Phi) is 18.0. The van der Waals surface area contributed by atoms with Crippen LogP contribution in [0.5, 0.6) is 0 Å². The number of hydrogen-bond donors (Lipinski definition) is 0. The molecule has 0 aromatic carbocycles. The molecule has 0 unspecified atom stereocenters. The molecule has 0 atom stereocenters. The van der Waals surface area contributed by atoms with Crippen LogP contribution in [0.1, 0.15) is 25.5 Å². The standard InChI is InChI=1S/C8H14N2.3Sn.2H/c1-3-4-5-8-6-7-10(2)9-8;;;;;/h6-7H,3-5H2,1-2H3;;;;;. The monoisotopic (exact) mass is 500 g/mol. The number of hydrogen-bond acceptors (Lipinski definition) is 1. The molecule has 0 N–H and O–H groups in total. The Morgan fingerprint density at radius 1 is 1.38 bits per heavy atom. The molecule has 0 aliphatic heterocycles. The van der Waals surface area contributed by atoms with Gasteiger partial charge in [-0.1, -0.05) is 13.3 Å². The first kappa shape index (κ1) is 20.1. The molecule has 1 aromatic rings. The fraction of sp³-hybridized carbons (Fsp3) is 0.625. The first-order chi connectivity index (χ1) is 4.83. The Bertz CT molecular complexity index is 201. The maximum Gasteiger partial charge on any atom is 0 e. The van der Waals surface area contributed by atoms with Crippen molar-refractivity contribution in [2.45, 2.75) is 26.2 Å².